The smallest absolute Gasteiger partial charge is 0.312 e. The van der Waals surface area contributed by atoms with Gasteiger partial charge in [-0.15, -0.1) is 0 Å². The lowest BCUT2D eigenvalue weighted by molar-refractivity contribution is -0.140. The Morgan fingerprint density at radius 3 is 2.50 bits per heavy atom. The molecule has 1 aliphatic rings. The Bertz CT molecular complexity index is 325. The zero-order chi connectivity index (χ0) is 13.5. The van der Waals surface area contributed by atoms with E-state index in [2.05, 4.69) is 13.5 Å². The van der Waals surface area contributed by atoms with E-state index in [-0.39, 0.29) is 15.9 Å². The van der Waals surface area contributed by atoms with Crippen LogP contribution in [0.3, 0.4) is 0 Å². The molecule has 1 rings (SSSR count). The van der Waals surface area contributed by atoms with Gasteiger partial charge in [0.1, 0.15) is 0 Å². The van der Waals surface area contributed by atoms with Gasteiger partial charge < -0.3 is 5.11 Å². The molecule has 18 heavy (non-hydrogen) atoms. The summed E-state index contributed by atoms with van der Waals surface area (Å²) in [5.41, 5.74) is 0.267. The standard InChI is InChI=1S/C14H22O3S/c1-3-4-5-6-7-8-9-11-12(13(15)16)10(2)14(17)18-11/h11-12H,2-9H2,1H3,(H,15,16). The predicted octanol–water partition coefficient (Wildman–Crippen LogP) is 3.64. The average Bonchev–Trinajstić information content (AvgIpc) is 2.59. The minimum atomic E-state index is -0.908. The van der Waals surface area contributed by atoms with Gasteiger partial charge in [0.2, 0.25) is 5.12 Å². The molecule has 1 fully saturated rings. The summed E-state index contributed by atoms with van der Waals surface area (Å²) in [5.74, 6) is -1.58. The zero-order valence-corrected chi connectivity index (χ0v) is 11.8. The maximum Gasteiger partial charge on any atom is 0.312 e. The van der Waals surface area contributed by atoms with E-state index in [1.54, 1.807) is 0 Å². The van der Waals surface area contributed by atoms with Crippen LogP contribution in [0.5, 0.6) is 0 Å². The molecule has 4 heteroatoms. The van der Waals surface area contributed by atoms with Gasteiger partial charge in [0, 0.05) is 10.8 Å². The van der Waals surface area contributed by atoms with Crippen LogP contribution in [-0.2, 0) is 9.59 Å². The van der Waals surface area contributed by atoms with Crippen molar-refractivity contribution >= 4 is 22.8 Å². The van der Waals surface area contributed by atoms with E-state index in [1.807, 2.05) is 0 Å². The molecule has 1 aliphatic heterocycles. The number of carboxylic acids is 1. The highest BCUT2D eigenvalue weighted by atomic mass is 32.2. The molecule has 0 spiro atoms. The molecule has 2 unspecified atom stereocenters. The minimum Gasteiger partial charge on any atom is -0.481 e. The van der Waals surface area contributed by atoms with Gasteiger partial charge >= 0.3 is 5.97 Å². The van der Waals surface area contributed by atoms with Crippen LogP contribution in [0.2, 0.25) is 0 Å². The van der Waals surface area contributed by atoms with Gasteiger partial charge in [-0.1, -0.05) is 63.8 Å². The van der Waals surface area contributed by atoms with Crippen LogP contribution in [0.1, 0.15) is 51.9 Å². The lowest BCUT2D eigenvalue weighted by Gasteiger charge is -2.13. The first-order valence-corrected chi connectivity index (χ1v) is 7.58. The second kappa shape index (κ2) is 7.62. The second-order valence-electron chi connectivity index (χ2n) is 4.84. The van der Waals surface area contributed by atoms with Crippen LogP contribution < -0.4 is 0 Å². The largest absolute Gasteiger partial charge is 0.481 e. The Morgan fingerprint density at radius 2 is 1.89 bits per heavy atom. The Hall–Kier alpha value is -0.770. The van der Waals surface area contributed by atoms with E-state index in [0.29, 0.717) is 0 Å². The number of aliphatic carboxylic acids is 1. The van der Waals surface area contributed by atoms with Gasteiger partial charge in [-0.25, -0.2) is 0 Å². The number of unbranched alkanes of at least 4 members (excludes halogenated alkanes) is 5. The number of hydrogen-bond acceptors (Lipinski definition) is 3. The van der Waals surface area contributed by atoms with E-state index >= 15 is 0 Å². The van der Waals surface area contributed by atoms with Crippen molar-refractivity contribution in [3.63, 3.8) is 0 Å². The van der Waals surface area contributed by atoms with Gasteiger partial charge in [0.05, 0.1) is 5.92 Å². The maximum atomic E-state index is 11.5. The van der Waals surface area contributed by atoms with Crippen LogP contribution in [0.4, 0.5) is 0 Å². The fourth-order valence-corrected chi connectivity index (χ4v) is 3.55. The first-order valence-electron chi connectivity index (χ1n) is 6.70. The normalized spacial score (nSPS) is 23.6. The molecule has 0 bridgehead atoms. The molecule has 0 amide bonds. The molecule has 0 aromatic rings. The third-order valence-corrected chi connectivity index (χ3v) is 4.66. The molecule has 3 nitrogen and oxygen atoms in total. The number of rotatable bonds is 8. The predicted molar refractivity (Wildman–Crippen MR) is 74.6 cm³/mol. The topological polar surface area (TPSA) is 54.4 Å². The van der Waals surface area contributed by atoms with Gasteiger partial charge in [-0.3, -0.25) is 9.59 Å². The van der Waals surface area contributed by atoms with Crippen LogP contribution >= 0.6 is 11.8 Å². The number of carbonyl (C=O) groups is 2. The Morgan fingerprint density at radius 1 is 1.28 bits per heavy atom. The van der Waals surface area contributed by atoms with E-state index in [1.165, 1.54) is 25.7 Å². The van der Waals surface area contributed by atoms with Crippen molar-refractivity contribution in [2.45, 2.75) is 57.1 Å². The highest BCUT2D eigenvalue weighted by molar-refractivity contribution is 8.15. The van der Waals surface area contributed by atoms with Crippen LogP contribution in [0, 0.1) is 5.92 Å². The van der Waals surface area contributed by atoms with Gasteiger partial charge in [0.15, 0.2) is 0 Å². The lowest BCUT2D eigenvalue weighted by atomic mass is 9.94. The maximum absolute atomic E-state index is 11.5. The highest BCUT2D eigenvalue weighted by Crippen LogP contribution is 2.40. The first kappa shape index (κ1) is 15.3. The molecule has 1 N–H and O–H groups in total. The van der Waals surface area contributed by atoms with Crippen molar-refractivity contribution in [2.75, 3.05) is 0 Å². The summed E-state index contributed by atoms with van der Waals surface area (Å²) in [7, 11) is 0. The summed E-state index contributed by atoms with van der Waals surface area (Å²) in [6, 6.07) is 0. The zero-order valence-electron chi connectivity index (χ0n) is 11.0. The third kappa shape index (κ3) is 4.16. The number of thioether (sulfide) groups is 1. The number of hydrogen-bond donors (Lipinski definition) is 1. The van der Waals surface area contributed by atoms with E-state index in [4.69, 9.17) is 5.11 Å². The lowest BCUT2D eigenvalue weighted by Crippen LogP contribution is -2.22. The highest BCUT2D eigenvalue weighted by Gasteiger charge is 2.41. The van der Waals surface area contributed by atoms with Crippen molar-refractivity contribution in [3.05, 3.63) is 12.2 Å². The summed E-state index contributed by atoms with van der Waals surface area (Å²) in [6.07, 6.45) is 7.90. The molecule has 0 radical (unpaired) electrons. The van der Waals surface area contributed by atoms with E-state index in [0.717, 1.165) is 31.0 Å². The van der Waals surface area contributed by atoms with Crippen molar-refractivity contribution in [3.8, 4) is 0 Å². The molecular weight excluding hydrogens is 248 g/mol. The summed E-state index contributed by atoms with van der Waals surface area (Å²) in [5, 5.41) is 8.87. The molecule has 102 valence electrons. The van der Waals surface area contributed by atoms with E-state index in [9.17, 15) is 9.59 Å². The fourth-order valence-electron chi connectivity index (χ4n) is 2.29. The van der Waals surface area contributed by atoms with E-state index < -0.39 is 11.9 Å². The van der Waals surface area contributed by atoms with Crippen LogP contribution in [0.25, 0.3) is 0 Å². The number of carbonyl (C=O) groups excluding carboxylic acids is 1. The molecule has 0 aliphatic carbocycles. The molecule has 0 aromatic carbocycles. The SMILES string of the molecule is C=C1C(=O)SC(CCCCCCCC)C1C(=O)O. The van der Waals surface area contributed by atoms with Crippen LogP contribution in [-0.4, -0.2) is 21.4 Å². The van der Waals surface area contributed by atoms with Crippen molar-refractivity contribution < 1.29 is 14.7 Å². The quantitative estimate of drug-likeness (QED) is 0.540. The van der Waals surface area contributed by atoms with Gasteiger partial charge in [-0.2, -0.15) is 0 Å². The monoisotopic (exact) mass is 270 g/mol. The van der Waals surface area contributed by atoms with Gasteiger partial charge in [0.25, 0.3) is 0 Å². The molecular formula is C14H22O3S. The summed E-state index contributed by atoms with van der Waals surface area (Å²) in [4.78, 5) is 22.6. The van der Waals surface area contributed by atoms with Crippen molar-refractivity contribution in [2.24, 2.45) is 5.92 Å². The Balaban J connectivity index is 2.30. The van der Waals surface area contributed by atoms with Crippen LogP contribution in [0.15, 0.2) is 12.2 Å². The summed E-state index contributed by atoms with van der Waals surface area (Å²) in [6.45, 7) is 5.79. The molecule has 1 saturated heterocycles. The average molecular weight is 270 g/mol. The van der Waals surface area contributed by atoms with Crippen molar-refractivity contribution in [1.82, 2.24) is 0 Å². The van der Waals surface area contributed by atoms with Crippen molar-refractivity contribution in [1.29, 1.82) is 0 Å². The third-order valence-electron chi connectivity index (χ3n) is 3.38. The summed E-state index contributed by atoms with van der Waals surface area (Å²) >= 11 is 1.16. The second-order valence-corrected chi connectivity index (χ2v) is 6.05. The molecule has 0 saturated carbocycles. The minimum absolute atomic E-state index is 0.103. The molecule has 0 aromatic heterocycles. The Kier molecular flexibility index (Phi) is 6.47. The Labute approximate surface area is 113 Å². The molecule has 2 atom stereocenters. The summed E-state index contributed by atoms with van der Waals surface area (Å²) < 4.78 is 0. The molecule has 1 heterocycles. The fraction of sp³-hybridized carbons (Fsp3) is 0.714. The number of carboxylic acid groups (broad SMARTS) is 1. The van der Waals surface area contributed by atoms with Gasteiger partial charge in [-0.05, 0) is 6.42 Å². The first-order chi connectivity index (χ1) is 8.57.